The summed E-state index contributed by atoms with van der Waals surface area (Å²) < 4.78 is 16.6. The van der Waals surface area contributed by atoms with Crippen LogP contribution in [0.25, 0.3) is 0 Å². The highest BCUT2D eigenvalue weighted by molar-refractivity contribution is 5.94. The van der Waals surface area contributed by atoms with E-state index < -0.39 is 11.5 Å². The van der Waals surface area contributed by atoms with Gasteiger partial charge in [0.25, 0.3) is 5.91 Å². The van der Waals surface area contributed by atoms with Crippen LogP contribution in [0, 0.1) is 6.92 Å². The van der Waals surface area contributed by atoms with Crippen molar-refractivity contribution in [2.24, 2.45) is 7.05 Å². The van der Waals surface area contributed by atoms with Crippen LogP contribution in [0.3, 0.4) is 0 Å². The number of amides is 1. The number of nitrogens with zero attached hydrogens (tertiary/aromatic N) is 1. The van der Waals surface area contributed by atoms with Gasteiger partial charge in [-0.25, -0.2) is 9.53 Å². The molecule has 2 rings (SSSR count). The summed E-state index contributed by atoms with van der Waals surface area (Å²) in [6, 6.07) is 5.47. The first kappa shape index (κ1) is 16.7. The number of carbonyl (C=O) groups excluding carboxylic acids is 1. The fourth-order valence-electron chi connectivity index (χ4n) is 2.28. The van der Waals surface area contributed by atoms with Gasteiger partial charge in [-0.3, -0.25) is 4.79 Å². The van der Waals surface area contributed by atoms with E-state index in [-0.39, 0.29) is 5.56 Å². The van der Waals surface area contributed by atoms with Gasteiger partial charge in [0, 0.05) is 13.6 Å². The third-order valence-corrected chi connectivity index (χ3v) is 3.65. The standard InChI is InChI=1S/C16H20N2O5/c1-10-14(16(20)23-18(10)2)15(19)17-8-7-11-9-12(21-3)5-6-13(11)22-4/h5-6,9H,7-8H2,1-4H3,(H,17,19). The van der Waals surface area contributed by atoms with E-state index in [0.29, 0.717) is 24.4 Å². The Bertz CT molecular complexity index is 760. The molecule has 0 unspecified atom stereocenters. The molecule has 1 aromatic carbocycles. The van der Waals surface area contributed by atoms with Gasteiger partial charge < -0.3 is 19.3 Å². The zero-order valence-corrected chi connectivity index (χ0v) is 13.6. The Morgan fingerprint density at radius 1 is 1.30 bits per heavy atom. The molecule has 1 amide bonds. The lowest BCUT2D eigenvalue weighted by Crippen LogP contribution is -2.29. The second-order valence-electron chi connectivity index (χ2n) is 5.02. The lowest BCUT2D eigenvalue weighted by molar-refractivity contribution is 0.0951. The molecule has 7 nitrogen and oxygen atoms in total. The second kappa shape index (κ2) is 7.04. The molecule has 0 fully saturated rings. The van der Waals surface area contributed by atoms with Crippen LogP contribution in [0.2, 0.25) is 0 Å². The van der Waals surface area contributed by atoms with Crippen molar-refractivity contribution in [3.63, 3.8) is 0 Å². The Labute approximate surface area is 133 Å². The molecule has 0 atom stereocenters. The van der Waals surface area contributed by atoms with E-state index in [1.165, 1.54) is 4.74 Å². The zero-order chi connectivity index (χ0) is 17.0. The predicted molar refractivity (Wildman–Crippen MR) is 84.3 cm³/mol. The fraction of sp³-hybridized carbons (Fsp3) is 0.375. The number of ether oxygens (including phenoxy) is 2. The average molecular weight is 320 g/mol. The van der Waals surface area contributed by atoms with Gasteiger partial charge in [0.05, 0.1) is 19.9 Å². The van der Waals surface area contributed by atoms with E-state index in [9.17, 15) is 9.59 Å². The second-order valence-corrected chi connectivity index (χ2v) is 5.02. The third kappa shape index (κ3) is 3.56. The van der Waals surface area contributed by atoms with Gasteiger partial charge in [-0.1, -0.05) is 0 Å². The summed E-state index contributed by atoms with van der Waals surface area (Å²) >= 11 is 0. The fourth-order valence-corrected chi connectivity index (χ4v) is 2.28. The minimum atomic E-state index is -0.638. The molecule has 124 valence electrons. The lowest BCUT2D eigenvalue weighted by Gasteiger charge is -2.11. The van der Waals surface area contributed by atoms with Gasteiger partial charge >= 0.3 is 5.63 Å². The van der Waals surface area contributed by atoms with E-state index in [4.69, 9.17) is 14.0 Å². The van der Waals surface area contributed by atoms with Crippen LogP contribution in [0.1, 0.15) is 21.6 Å². The van der Waals surface area contributed by atoms with Crippen molar-refractivity contribution < 1.29 is 18.8 Å². The molecule has 0 radical (unpaired) electrons. The average Bonchev–Trinajstić information content (AvgIpc) is 2.79. The van der Waals surface area contributed by atoms with Crippen LogP contribution in [0.15, 0.2) is 27.5 Å². The predicted octanol–water partition coefficient (Wildman–Crippen LogP) is 1.28. The first-order valence-corrected chi connectivity index (χ1v) is 7.14. The van der Waals surface area contributed by atoms with Gasteiger partial charge in [-0.2, -0.15) is 0 Å². The summed E-state index contributed by atoms with van der Waals surface area (Å²) in [5.74, 6) is 0.987. The van der Waals surface area contributed by atoms with Crippen molar-refractivity contribution >= 4 is 5.91 Å². The van der Waals surface area contributed by atoms with E-state index in [0.717, 1.165) is 11.3 Å². The van der Waals surface area contributed by atoms with E-state index in [2.05, 4.69) is 5.32 Å². The van der Waals surface area contributed by atoms with Crippen molar-refractivity contribution in [3.8, 4) is 11.5 Å². The van der Waals surface area contributed by atoms with Crippen LogP contribution < -0.4 is 20.4 Å². The number of carbonyl (C=O) groups is 1. The minimum Gasteiger partial charge on any atom is -0.497 e. The number of rotatable bonds is 6. The minimum absolute atomic E-state index is 0.0325. The summed E-state index contributed by atoms with van der Waals surface area (Å²) in [4.78, 5) is 23.8. The molecule has 2 aromatic rings. The van der Waals surface area contributed by atoms with Gasteiger partial charge in [0.15, 0.2) is 0 Å². The van der Waals surface area contributed by atoms with Crippen molar-refractivity contribution in [3.05, 3.63) is 45.4 Å². The Morgan fingerprint density at radius 3 is 2.61 bits per heavy atom. The van der Waals surface area contributed by atoms with Crippen LogP contribution in [0.5, 0.6) is 11.5 Å². The smallest absolute Gasteiger partial charge is 0.370 e. The number of nitrogens with one attached hydrogen (secondary N) is 1. The van der Waals surface area contributed by atoms with Gasteiger partial charge in [-0.05, 0) is 37.1 Å². The normalized spacial score (nSPS) is 10.4. The first-order valence-electron chi connectivity index (χ1n) is 7.14. The lowest BCUT2D eigenvalue weighted by atomic mass is 10.1. The van der Waals surface area contributed by atoms with E-state index >= 15 is 0 Å². The largest absolute Gasteiger partial charge is 0.497 e. The first-order chi connectivity index (χ1) is 11.0. The molecular weight excluding hydrogens is 300 g/mol. The molecule has 0 spiro atoms. The molecule has 0 saturated carbocycles. The maximum Gasteiger partial charge on any atom is 0.370 e. The molecule has 7 heteroatoms. The Balaban J connectivity index is 2.05. The maximum absolute atomic E-state index is 12.1. The molecule has 0 bridgehead atoms. The number of aryl methyl sites for hydroxylation is 1. The highest BCUT2D eigenvalue weighted by atomic mass is 16.5. The number of methoxy groups -OCH3 is 2. The summed E-state index contributed by atoms with van der Waals surface area (Å²) in [5.41, 5.74) is 0.794. The molecule has 0 aliphatic heterocycles. The topological polar surface area (TPSA) is 82.7 Å². The van der Waals surface area contributed by atoms with Gasteiger partial charge in [-0.15, -0.1) is 0 Å². The summed E-state index contributed by atoms with van der Waals surface area (Å²) in [7, 11) is 4.75. The van der Waals surface area contributed by atoms with Gasteiger partial charge in [0.1, 0.15) is 17.1 Å². The number of hydrogen-bond donors (Lipinski definition) is 1. The van der Waals surface area contributed by atoms with Gasteiger partial charge in [0.2, 0.25) is 0 Å². The highest BCUT2D eigenvalue weighted by Crippen LogP contribution is 2.24. The Kier molecular flexibility index (Phi) is 5.10. The van der Waals surface area contributed by atoms with Crippen LogP contribution in [0.4, 0.5) is 0 Å². The Morgan fingerprint density at radius 2 is 2.04 bits per heavy atom. The molecule has 0 aliphatic carbocycles. The molecular formula is C16H20N2O5. The number of aromatic nitrogens is 1. The molecule has 0 aliphatic rings. The quantitative estimate of drug-likeness (QED) is 0.867. The summed E-state index contributed by atoms with van der Waals surface area (Å²) in [5, 5.41) is 2.72. The SMILES string of the molecule is COc1ccc(OC)c(CCNC(=O)c2c(C)n(C)oc2=O)c1. The van der Waals surface area contributed by atoms with Crippen LogP contribution in [-0.2, 0) is 13.5 Å². The van der Waals surface area contributed by atoms with E-state index in [1.54, 1.807) is 34.3 Å². The highest BCUT2D eigenvalue weighted by Gasteiger charge is 2.19. The van der Waals surface area contributed by atoms with E-state index in [1.807, 2.05) is 12.1 Å². The molecule has 23 heavy (non-hydrogen) atoms. The zero-order valence-electron chi connectivity index (χ0n) is 13.6. The molecule has 1 heterocycles. The van der Waals surface area contributed by atoms with Crippen LogP contribution in [-0.4, -0.2) is 31.4 Å². The van der Waals surface area contributed by atoms with Crippen molar-refractivity contribution in [2.45, 2.75) is 13.3 Å². The van der Waals surface area contributed by atoms with Crippen molar-refractivity contribution in [2.75, 3.05) is 20.8 Å². The molecule has 1 aromatic heterocycles. The summed E-state index contributed by atoms with van der Waals surface area (Å²) in [6.45, 7) is 2.01. The maximum atomic E-state index is 12.1. The van der Waals surface area contributed by atoms with Crippen LogP contribution >= 0.6 is 0 Å². The monoisotopic (exact) mass is 320 g/mol. The van der Waals surface area contributed by atoms with Crippen molar-refractivity contribution in [1.82, 2.24) is 10.1 Å². The molecule has 0 saturated heterocycles. The number of benzene rings is 1. The third-order valence-electron chi connectivity index (χ3n) is 3.65. The number of hydrogen-bond acceptors (Lipinski definition) is 5. The van der Waals surface area contributed by atoms with Crippen molar-refractivity contribution in [1.29, 1.82) is 0 Å². The summed E-state index contributed by atoms with van der Waals surface area (Å²) in [6.07, 6.45) is 0.545. The Hall–Kier alpha value is -2.70. The molecule has 1 N–H and O–H groups in total.